The van der Waals surface area contributed by atoms with Gasteiger partial charge in [-0.05, 0) is 48.9 Å². The fourth-order valence-electron chi connectivity index (χ4n) is 3.39. The third kappa shape index (κ3) is 4.78. The van der Waals surface area contributed by atoms with Crippen molar-refractivity contribution in [2.45, 2.75) is 26.2 Å². The standard InChI is InChI=1S/C24H22FN3OS2/c1-2-3-7-14-27-23(29)21(31-24(27)30)15-18-16-28(20-8-5-4-6-9-20)26-22(18)17-10-12-19(25)13-11-17/h4-6,8-13,15-16H,2-3,7,14H2,1H3/b21-15+. The molecule has 1 saturated heterocycles. The Bertz CT molecular complexity index is 1120. The molecule has 0 saturated carbocycles. The maximum atomic E-state index is 13.5. The number of para-hydroxylation sites is 1. The molecule has 1 aliphatic heterocycles. The van der Waals surface area contributed by atoms with Crippen LogP contribution in [0.25, 0.3) is 23.0 Å². The largest absolute Gasteiger partial charge is 0.293 e. The van der Waals surface area contributed by atoms with Crippen LogP contribution in [-0.4, -0.2) is 31.5 Å². The maximum Gasteiger partial charge on any atom is 0.266 e. The van der Waals surface area contributed by atoms with Gasteiger partial charge in [-0.1, -0.05) is 61.9 Å². The summed E-state index contributed by atoms with van der Waals surface area (Å²) < 4.78 is 15.8. The van der Waals surface area contributed by atoms with Gasteiger partial charge >= 0.3 is 0 Å². The minimum Gasteiger partial charge on any atom is -0.293 e. The van der Waals surface area contributed by atoms with Crippen LogP contribution in [0.2, 0.25) is 0 Å². The van der Waals surface area contributed by atoms with E-state index in [1.165, 1.54) is 23.9 Å². The lowest BCUT2D eigenvalue weighted by Gasteiger charge is -2.13. The Morgan fingerprint density at radius 2 is 1.84 bits per heavy atom. The van der Waals surface area contributed by atoms with Crippen LogP contribution < -0.4 is 0 Å². The van der Waals surface area contributed by atoms with Crippen LogP contribution >= 0.6 is 24.0 Å². The summed E-state index contributed by atoms with van der Waals surface area (Å²) in [5, 5.41) is 4.73. The molecule has 4 rings (SSSR count). The van der Waals surface area contributed by atoms with Crippen molar-refractivity contribution in [3.8, 4) is 16.9 Å². The summed E-state index contributed by atoms with van der Waals surface area (Å²) in [4.78, 5) is 15.2. The number of amides is 1. The number of hydrogen-bond donors (Lipinski definition) is 0. The topological polar surface area (TPSA) is 38.1 Å². The molecule has 31 heavy (non-hydrogen) atoms. The minimum atomic E-state index is -0.305. The highest BCUT2D eigenvalue weighted by Gasteiger charge is 2.32. The van der Waals surface area contributed by atoms with Crippen molar-refractivity contribution in [3.05, 3.63) is 77.1 Å². The van der Waals surface area contributed by atoms with Gasteiger partial charge in [-0.2, -0.15) is 5.10 Å². The van der Waals surface area contributed by atoms with Gasteiger partial charge in [-0.15, -0.1) is 0 Å². The summed E-state index contributed by atoms with van der Waals surface area (Å²) in [6, 6.07) is 15.9. The summed E-state index contributed by atoms with van der Waals surface area (Å²) in [6.45, 7) is 2.77. The zero-order valence-electron chi connectivity index (χ0n) is 17.1. The molecule has 1 aromatic heterocycles. The van der Waals surface area contributed by atoms with Crippen molar-refractivity contribution in [3.63, 3.8) is 0 Å². The van der Waals surface area contributed by atoms with Gasteiger partial charge in [0.2, 0.25) is 0 Å². The van der Waals surface area contributed by atoms with Crippen LogP contribution in [0.4, 0.5) is 4.39 Å². The van der Waals surface area contributed by atoms with Crippen LogP contribution in [-0.2, 0) is 4.79 Å². The van der Waals surface area contributed by atoms with Crippen LogP contribution in [0, 0.1) is 5.82 Å². The first-order valence-corrected chi connectivity index (χ1v) is 11.5. The van der Waals surface area contributed by atoms with E-state index in [4.69, 9.17) is 17.3 Å². The molecule has 158 valence electrons. The number of nitrogens with zero attached hydrogens (tertiary/aromatic N) is 3. The Morgan fingerprint density at radius 1 is 1.10 bits per heavy atom. The van der Waals surface area contributed by atoms with Crippen molar-refractivity contribution < 1.29 is 9.18 Å². The first kappa shape index (κ1) is 21.5. The summed E-state index contributed by atoms with van der Waals surface area (Å²) in [6.07, 6.45) is 6.81. The first-order chi connectivity index (χ1) is 15.1. The van der Waals surface area contributed by atoms with Gasteiger partial charge in [0.1, 0.15) is 10.1 Å². The molecule has 7 heteroatoms. The van der Waals surface area contributed by atoms with Crippen LogP contribution in [0.3, 0.4) is 0 Å². The molecule has 1 aliphatic rings. The lowest BCUT2D eigenvalue weighted by Crippen LogP contribution is -2.28. The Balaban J connectivity index is 1.71. The van der Waals surface area contributed by atoms with Gasteiger partial charge in [0.15, 0.2) is 0 Å². The number of halogens is 1. The molecule has 0 bridgehead atoms. The summed E-state index contributed by atoms with van der Waals surface area (Å²) in [5.41, 5.74) is 3.14. The molecule has 4 nitrogen and oxygen atoms in total. The quantitative estimate of drug-likeness (QED) is 0.248. The van der Waals surface area contributed by atoms with E-state index in [9.17, 15) is 9.18 Å². The lowest BCUT2D eigenvalue weighted by molar-refractivity contribution is -0.122. The molecule has 0 unspecified atom stereocenters. The molecule has 0 aliphatic carbocycles. The lowest BCUT2D eigenvalue weighted by atomic mass is 10.1. The molecule has 1 fully saturated rings. The number of thiocarbonyl (C=S) groups is 1. The number of unbranched alkanes of at least 4 members (excludes halogenated alkanes) is 2. The molecule has 3 aromatic rings. The van der Waals surface area contributed by atoms with Crippen molar-refractivity contribution in [2.24, 2.45) is 0 Å². The van der Waals surface area contributed by atoms with E-state index in [2.05, 4.69) is 6.92 Å². The molecule has 0 spiro atoms. The number of rotatable bonds is 7. The second-order valence-electron chi connectivity index (χ2n) is 7.26. The van der Waals surface area contributed by atoms with Crippen molar-refractivity contribution in [1.29, 1.82) is 0 Å². The number of carbonyl (C=O) groups excluding carboxylic acids is 1. The number of hydrogen-bond acceptors (Lipinski definition) is 4. The van der Waals surface area contributed by atoms with Gasteiger partial charge in [0.25, 0.3) is 5.91 Å². The molecule has 0 radical (unpaired) electrons. The maximum absolute atomic E-state index is 13.5. The summed E-state index contributed by atoms with van der Waals surface area (Å²) >= 11 is 6.77. The van der Waals surface area contributed by atoms with E-state index >= 15 is 0 Å². The molecule has 1 amide bonds. The minimum absolute atomic E-state index is 0.0661. The second kappa shape index (κ2) is 9.58. The zero-order valence-corrected chi connectivity index (χ0v) is 18.8. The highest BCUT2D eigenvalue weighted by Crippen LogP contribution is 2.35. The van der Waals surface area contributed by atoms with E-state index in [1.54, 1.807) is 21.7 Å². The van der Waals surface area contributed by atoms with E-state index in [-0.39, 0.29) is 11.7 Å². The zero-order chi connectivity index (χ0) is 21.8. The van der Waals surface area contributed by atoms with Crippen LogP contribution in [0.15, 0.2) is 65.7 Å². The van der Waals surface area contributed by atoms with Crippen LogP contribution in [0.1, 0.15) is 31.7 Å². The summed E-state index contributed by atoms with van der Waals surface area (Å²) in [7, 11) is 0. The average molecular weight is 452 g/mol. The normalized spacial score (nSPS) is 15.3. The third-order valence-electron chi connectivity index (χ3n) is 5.03. The Labute approximate surface area is 190 Å². The molecule has 0 atom stereocenters. The van der Waals surface area contributed by atoms with Gasteiger partial charge in [0.05, 0.1) is 16.3 Å². The Morgan fingerprint density at radius 3 is 2.55 bits per heavy atom. The third-order valence-corrected chi connectivity index (χ3v) is 6.40. The molecule has 2 aromatic carbocycles. The predicted molar refractivity (Wildman–Crippen MR) is 128 cm³/mol. The SMILES string of the molecule is CCCCCN1C(=O)/C(=C\c2cn(-c3ccccc3)nc2-c2ccc(F)cc2)SC1=S. The Kier molecular flexibility index (Phi) is 6.63. The van der Waals surface area contributed by atoms with Crippen molar-refractivity contribution in [1.82, 2.24) is 14.7 Å². The smallest absolute Gasteiger partial charge is 0.266 e. The van der Waals surface area contributed by atoms with Crippen LogP contribution in [0.5, 0.6) is 0 Å². The fraction of sp³-hybridized carbons (Fsp3) is 0.208. The van der Waals surface area contributed by atoms with E-state index in [0.717, 1.165) is 36.1 Å². The van der Waals surface area contributed by atoms with Gasteiger partial charge in [-0.3, -0.25) is 9.69 Å². The highest BCUT2D eigenvalue weighted by atomic mass is 32.2. The van der Waals surface area contributed by atoms with Crippen molar-refractivity contribution >= 4 is 40.3 Å². The van der Waals surface area contributed by atoms with E-state index < -0.39 is 0 Å². The first-order valence-electron chi connectivity index (χ1n) is 10.2. The monoisotopic (exact) mass is 451 g/mol. The highest BCUT2D eigenvalue weighted by molar-refractivity contribution is 8.26. The Hall–Kier alpha value is -2.77. The fourth-order valence-corrected chi connectivity index (χ4v) is 4.69. The van der Waals surface area contributed by atoms with Gasteiger partial charge < -0.3 is 0 Å². The van der Waals surface area contributed by atoms with Gasteiger partial charge in [-0.25, -0.2) is 9.07 Å². The molecule has 0 N–H and O–H groups in total. The summed E-state index contributed by atoms with van der Waals surface area (Å²) in [5.74, 6) is -0.371. The molecule has 2 heterocycles. The van der Waals surface area contributed by atoms with E-state index in [0.29, 0.717) is 21.5 Å². The number of aromatic nitrogens is 2. The second-order valence-corrected chi connectivity index (χ2v) is 8.94. The number of carbonyl (C=O) groups is 1. The van der Waals surface area contributed by atoms with Crippen molar-refractivity contribution in [2.75, 3.05) is 6.54 Å². The average Bonchev–Trinajstić information content (AvgIpc) is 3.31. The van der Waals surface area contributed by atoms with E-state index in [1.807, 2.05) is 42.6 Å². The molecular formula is C24H22FN3OS2. The predicted octanol–water partition coefficient (Wildman–Crippen LogP) is 6.07. The number of benzene rings is 2. The number of thioether (sulfide) groups is 1. The molecular weight excluding hydrogens is 429 g/mol. The van der Waals surface area contributed by atoms with Gasteiger partial charge in [0, 0.05) is 23.9 Å².